The Bertz CT molecular complexity index is 378. The van der Waals surface area contributed by atoms with Gasteiger partial charge in [-0.15, -0.1) is 0 Å². The minimum absolute atomic E-state index is 0.111. The van der Waals surface area contributed by atoms with Crippen molar-refractivity contribution in [2.45, 2.75) is 44.6 Å². The van der Waals surface area contributed by atoms with Crippen molar-refractivity contribution in [2.75, 3.05) is 33.5 Å². The number of methoxy groups -OCH3 is 1. The molecule has 0 aromatic rings. The number of nitrogens with zero attached hydrogens (tertiary/aromatic N) is 1. The van der Waals surface area contributed by atoms with Crippen molar-refractivity contribution in [3.63, 3.8) is 0 Å². The van der Waals surface area contributed by atoms with Crippen LogP contribution in [0.5, 0.6) is 0 Å². The molecule has 0 bridgehead atoms. The fourth-order valence-corrected chi connectivity index (χ4v) is 3.22. The maximum Gasteiger partial charge on any atom is 0.325 e. The average molecular weight is 298 g/mol. The van der Waals surface area contributed by atoms with E-state index in [1.807, 2.05) is 0 Å². The van der Waals surface area contributed by atoms with Gasteiger partial charge >= 0.3 is 6.03 Å². The Morgan fingerprint density at radius 1 is 1.24 bits per heavy atom. The lowest BCUT2D eigenvalue weighted by Gasteiger charge is -2.40. The first-order valence-electron chi connectivity index (χ1n) is 7.80. The standard InChI is InChI=1S/C15H26N2O4/c1-12-4-6-15(7-5-12)13(18)16-14(19)17(15)8-3-9-21-11-10-20-2/h12H,3-11H2,1-2H3,(H,16,18,19). The highest BCUT2D eigenvalue weighted by Crippen LogP contribution is 2.39. The number of carbonyl (C=O) groups excluding carboxylic acids is 2. The molecule has 1 N–H and O–H groups in total. The van der Waals surface area contributed by atoms with Gasteiger partial charge in [-0.25, -0.2) is 4.79 Å². The zero-order chi connectivity index (χ0) is 15.3. The average Bonchev–Trinajstić information content (AvgIpc) is 2.69. The smallest absolute Gasteiger partial charge is 0.325 e. The molecule has 2 fully saturated rings. The first-order valence-corrected chi connectivity index (χ1v) is 7.80. The molecule has 0 atom stereocenters. The Balaban J connectivity index is 1.87. The maximum absolute atomic E-state index is 12.2. The van der Waals surface area contributed by atoms with Gasteiger partial charge < -0.3 is 14.4 Å². The molecule has 120 valence electrons. The van der Waals surface area contributed by atoms with Crippen LogP contribution in [0.1, 0.15) is 39.0 Å². The molecule has 2 aliphatic rings. The molecule has 21 heavy (non-hydrogen) atoms. The lowest BCUT2D eigenvalue weighted by Crippen LogP contribution is -2.52. The normalized spacial score (nSPS) is 29.2. The summed E-state index contributed by atoms with van der Waals surface area (Å²) in [5.41, 5.74) is -0.601. The third-order valence-electron chi connectivity index (χ3n) is 4.61. The van der Waals surface area contributed by atoms with Crippen LogP contribution in [0, 0.1) is 5.92 Å². The second-order valence-electron chi connectivity index (χ2n) is 6.08. The van der Waals surface area contributed by atoms with Crippen LogP contribution in [-0.2, 0) is 14.3 Å². The number of hydrogen-bond acceptors (Lipinski definition) is 4. The molecule has 0 radical (unpaired) electrons. The molecule has 3 amide bonds. The van der Waals surface area contributed by atoms with E-state index in [9.17, 15) is 9.59 Å². The lowest BCUT2D eigenvalue weighted by molar-refractivity contribution is -0.128. The van der Waals surface area contributed by atoms with Crippen LogP contribution in [0.25, 0.3) is 0 Å². The van der Waals surface area contributed by atoms with Crippen molar-refractivity contribution in [3.8, 4) is 0 Å². The van der Waals surface area contributed by atoms with Crippen LogP contribution in [0.4, 0.5) is 4.79 Å². The second-order valence-corrected chi connectivity index (χ2v) is 6.08. The van der Waals surface area contributed by atoms with Gasteiger partial charge in [0.15, 0.2) is 0 Å². The summed E-state index contributed by atoms with van der Waals surface area (Å²) in [5, 5.41) is 2.49. The van der Waals surface area contributed by atoms with E-state index in [0.717, 1.165) is 32.1 Å². The summed E-state index contributed by atoms with van der Waals surface area (Å²) in [6.07, 6.45) is 4.29. The predicted molar refractivity (Wildman–Crippen MR) is 77.9 cm³/mol. The fourth-order valence-electron chi connectivity index (χ4n) is 3.22. The highest BCUT2D eigenvalue weighted by molar-refractivity contribution is 6.07. The van der Waals surface area contributed by atoms with Crippen molar-refractivity contribution in [2.24, 2.45) is 5.92 Å². The first-order chi connectivity index (χ1) is 10.1. The second kappa shape index (κ2) is 7.22. The number of rotatable bonds is 7. The van der Waals surface area contributed by atoms with E-state index in [0.29, 0.717) is 32.3 Å². The summed E-state index contributed by atoms with van der Waals surface area (Å²) < 4.78 is 10.3. The number of carbonyl (C=O) groups is 2. The largest absolute Gasteiger partial charge is 0.382 e. The molecular weight excluding hydrogens is 272 g/mol. The van der Waals surface area contributed by atoms with E-state index in [1.54, 1.807) is 12.0 Å². The van der Waals surface area contributed by atoms with Crippen LogP contribution >= 0.6 is 0 Å². The van der Waals surface area contributed by atoms with E-state index in [4.69, 9.17) is 9.47 Å². The van der Waals surface area contributed by atoms with E-state index in [-0.39, 0.29) is 11.9 Å². The van der Waals surface area contributed by atoms with Gasteiger partial charge in [0.25, 0.3) is 5.91 Å². The molecule has 6 nitrogen and oxygen atoms in total. The number of imide groups is 1. The van der Waals surface area contributed by atoms with Crippen molar-refractivity contribution in [1.29, 1.82) is 0 Å². The van der Waals surface area contributed by atoms with E-state index in [2.05, 4.69) is 12.2 Å². The number of hydrogen-bond donors (Lipinski definition) is 1. The van der Waals surface area contributed by atoms with Crippen molar-refractivity contribution in [1.82, 2.24) is 10.2 Å². The fraction of sp³-hybridized carbons (Fsp3) is 0.867. The summed E-state index contributed by atoms with van der Waals surface area (Å²) >= 11 is 0. The molecule has 0 aromatic carbocycles. The molecule has 1 saturated carbocycles. The Kier molecular flexibility index (Phi) is 5.58. The van der Waals surface area contributed by atoms with Gasteiger partial charge in [-0.1, -0.05) is 6.92 Å². The van der Waals surface area contributed by atoms with Gasteiger partial charge in [-0.05, 0) is 38.0 Å². The van der Waals surface area contributed by atoms with Crippen molar-refractivity contribution in [3.05, 3.63) is 0 Å². The molecule has 6 heteroatoms. The highest BCUT2D eigenvalue weighted by Gasteiger charge is 2.53. The van der Waals surface area contributed by atoms with Crippen LogP contribution < -0.4 is 5.32 Å². The van der Waals surface area contributed by atoms with Crippen LogP contribution in [0.2, 0.25) is 0 Å². The Morgan fingerprint density at radius 2 is 1.95 bits per heavy atom. The summed E-state index contributed by atoms with van der Waals surface area (Å²) in [5.74, 6) is 0.526. The quantitative estimate of drug-likeness (QED) is 0.572. The number of ether oxygens (including phenoxy) is 2. The molecule has 0 aromatic heterocycles. The predicted octanol–water partition coefficient (Wildman–Crippen LogP) is 1.54. The molecule has 1 heterocycles. The lowest BCUT2D eigenvalue weighted by atomic mass is 9.76. The van der Waals surface area contributed by atoms with Crippen molar-refractivity contribution >= 4 is 11.9 Å². The minimum Gasteiger partial charge on any atom is -0.382 e. The summed E-state index contributed by atoms with van der Waals surface area (Å²) in [4.78, 5) is 26.0. The van der Waals surface area contributed by atoms with Crippen LogP contribution in [-0.4, -0.2) is 55.9 Å². The van der Waals surface area contributed by atoms with Gasteiger partial charge in [0, 0.05) is 20.3 Å². The molecule has 1 aliphatic carbocycles. The first kappa shape index (κ1) is 16.2. The Morgan fingerprint density at radius 3 is 2.62 bits per heavy atom. The molecular formula is C15H26N2O4. The summed E-state index contributed by atoms with van der Waals surface area (Å²) in [6, 6.07) is -0.244. The molecule has 1 saturated heterocycles. The van der Waals surface area contributed by atoms with E-state index >= 15 is 0 Å². The molecule has 0 unspecified atom stereocenters. The topological polar surface area (TPSA) is 67.9 Å². The third-order valence-corrected chi connectivity index (χ3v) is 4.61. The SMILES string of the molecule is COCCOCCCN1C(=O)NC(=O)C12CCC(C)CC2. The van der Waals surface area contributed by atoms with Crippen LogP contribution in [0.3, 0.4) is 0 Å². The molecule has 1 aliphatic heterocycles. The van der Waals surface area contributed by atoms with Crippen LogP contribution in [0.15, 0.2) is 0 Å². The summed E-state index contributed by atoms with van der Waals surface area (Å²) in [7, 11) is 1.64. The molecule has 2 rings (SSSR count). The zero-order valence-corrected chi connectivity index (χ0v) is 13.0. The Labute approximate surface area is 126 Å². The highest BCUT2D eigenvalue weighted by atomic mass is 16.5. The van der Waals surface area contributed by atoms with Gasteiger partial charge in [-0.2, -0.15) is 0 Å². The van der Waals surface area contributed by atoms with Gasteiger partial charge in [0.2, 0.25) is 0 Å². The van der Waals surface area contributed by atoms with Gasteiger partial charge in [0.1, 0.15) is 5.54 Å². The van der Waals surface area contributed by atoms with Crippen molar-refractivity contribution < 1.29 is 19.1 Å². The van der Waals surface area contributed by atoms with Gasteiger partial charge in [0.05, 0.1) is 13.2 Å². The third kappa shape index (κ3) is 3.55. The monoisotopic (exact) mass is 298 g/mol. The Hall–Kier alpha value is -1.14. The molecule has 1 spiro atoms. The van der Waals surface area contributed by atoms with Gasteiger partial charge in [-0.3, -0.25) is 10.1 Å². The van der Waals surface area contributed by atoms with E-state index in [1.165, 1.54) is 0 Å². The van der Waals surface area contributed by atoms with E-state index < -0.39 is 5.54 Å². The maximum atomic E-state index is 12.2. The number of amides is 3. The number of nitrogens with one attached hydrogen (secondary N) is 1. The zero-order valence-electron chi connectivity index (χ0n) is 13.0. The number of urea groups is 1. The minimum atomic E-state index is -0.601. The summed E-state index contributed by atoms with van der Waals surface area (Å²) in [6.45, 7) is 4.48.